The van der Waals surface area contributed by atoms with Crippen molar-refractivity contribution in [2.75, 3.05) is 26.3 Å². The average Bonchev–Trinajstić information content (AvgIpc) is 2.38. The van der Waals surface area contributed by atoms with Crippen LogP contribution in [-0.2, 0) is 9.53 Å². The minimum absolute atomic E-state index is 0.0195. The van der Waals surface area contributed by atoms with Gasteiger partial charge in [0.1, 0.15) is 12.4 Å². The predicted molar refractivity (Wildman–Crippen MR) is 63.8 cm³/mol. The maximum atomic E-state index is 11.8. The van der Waals surface area contributed by atoms with Gasteiger partial charge in [-0.2, -0.15) is 0 Å². The minimum atomic E-state index is -0.0381. The van der Waals surface area contributed by atoms with E-state index in [4.69, 9.17) is 15.7 Å². The summed E-state index contributed by atoms with van der Waals surface area (Å²) < 4.78 is 5.22. The number of oxime groups is 1. The first kappa shape index (κ1) is 13.8. The number of rotatable bonds is 5. The molecule has 1 rings (SSSR count). The molecule has 6 nitrogen and oxygen atoms in total. The third kappa shape index (κ3) is 4.22. The standard InChI is InChI=1S/C11H21N3O3/c1-2-6-17-8-10(15)14-5-3-4-9(7-14)11(12)13-16/h9,16H,2-8H2,1H3,(H2,12,13). The van der Waals surface area contributed by atoms with Gasteiger partial charge in [-0.1, -0.05) is 12.1 Å². The Labute approximate surface area is 101 Å². The smallest absolute Gasteiger partial charge is 0.248 e. The molecule has 0 saturated carbocycles. The summed E-state index contributed by atoms with van der Waals surface area (Å²) in [7, 11) is 0. The molecular formula is C11H21N3O3. The van der Waals surface area contributed by atoms with Crippen molar-refractivity contribution in [2.24, 2.45) is 16.8 Å². The molecule has 98 valence electrons. The number of piperidine rings is 1. The van der Waals surface area contributed by atoms with Gasteiger partial charge >= 0.3 is 0 Å². The first-order valence-electron chi connectivity index (χ1n) is 6.02. The van der Waals surface area contributed by atoms with Crippen molar-refractivity contribution in [3.05, 3.63) is 0 Å². The molecule has 17 heavy (non-hydrogen) atoms. The fraction of sp³-hybridized carbons (Fsp3) is 0.818. The zero-order chi connectivity index (χ0) is 12.7. The number of carbonyl (C=O) groups excluding carboxylic acids is 1. The Morgan fingerprint density at radius 1 is 1.65 bits per heavy atom. The van der Waals surface area contributed by atoms with Crippen LogP contribution in [0, 0.1) is 5.92 Å². The van der Waals surface area contributed by atoms with Gasteiger partial charge in [-0.05, 0) is 19.3 Å². The monoisotopic (exact) mass is 243 g/mol. The third-order valence-electron chi connectivity index (χ3n) is 2.88. The summed E-state index contributed by atoms with van der Waals surface area (Å²) in [6.45, 7) is 3.97. The van der Waals surface area contributed by atoms with Crippen molar-refractivity contribution < 1.29 is 14.7 Å². The largest absolute Gasteiger partial charge is 0.409 e. The maximum Gasteiger partial charge on any atom is 0.248 e. The molecule has 0 aromatic heterocycles. The number of hydrogen-bond acceptors (Lipinski definition) is 4. The molecule has 0 aromatic rings. The van der Waals surface area contributed by atoms with Crippen LogP contribution in [0.5, 0.6) is 0 Å². The van der Waals surface area contributed by atoms with Gasteiger partial charge in [0.25, 0.3) is 0 Å². The summed E-state index contributed by atoms with van der Waals surface area (Å²) in [4.78, 5) is 13.5. The molecule has 0 spiro atoms. The molecule has 0 aliphatic carbocycles. The average molecular weight is 243 g/mol. The number of amidine groups is 1. The van der Waals surface area contributed by atoms with Gasteiger partial charge < -0.3 is 20.6 Å². The molecule has 1 unspecified atom stereocenters. The summed E-state index contributed by atoms with van der Waals surface area (Å²) >= 11 is 0. The van der Waals surface area contributed by atoms with Crippen molar-refractivity contribution in [1.82, 2.24) is 4.90 Å². The van der Waals surface area contributed by atoms with E-state index >= 15 is 0 Å². The van der Waals surface area contributed by atoms with Gasteiger partial charge in [0, 0.05) is 25.6 Å². The highest BCUT2D eigenvalue weighted by molar-refractivity contribution is 5.84. The zero-order valence-electron chi connectivity index (χ0n) is 10.3. The van der Waals surface area contributed by atoms with Crippen molar-refractivity contribution in [3.8, 4) is 0 Å². The van der Waals surface area contributed by atoms with E-state index in [1.807, 2.05) is 6.92 Å². The second kappa shape index (κ2) is 7.11. The zero-order valence-corrected chi connectivity index (χ0v) is 10.3. The molecule has 0 bridgehead atoms. The SMILES string of the molecule is CCCOCC(=O)N1CCCC(C(N)=NO)C1. The van der Waals surface area contributed by atoms with Crippen molar-refractivity contribution in [1.29, 1.82) is 0 Å². The highest BCUT2D eigenvalue weighted by atomic mass is 16.5. The van der Waals surface area contributed by atoms with E-state index in [0.29, 0.717) is 13.2 Å². The fourth-order valence-corrected chi connectivity index (χ4v) is 1.92. The van der Waals surface area contributed by atoms with Crippen LogP contribution in [0.25, 0.3) is 0 Å². The number of carbonyl (C=O) groups is 1. The normalized spacial score (nSPS) is 21.6. The lowest BCUT2D eigenvalue weighted by molar-refractivity contribution is -0.137. The quantitative estimate of drug-likeness (QED) is 0.240. The number of hydrogen-bond donors (Lipinski definition) is 2. The molecular weight excluding hydrogens is 222 g/mol. The van der Waals surface area contributed by atoms with Crippen molar-refractivity contribution in [3.63, 3.8) is 0 Å². The van der Waals surface area contributed by atoms with E-state index in [1.54, 1.807) is 4.90 Å². The predicted octanol–water partition coefficient (Wildman–Crippen LogP) is 0.398. The maximum absolute atomic E-state index is 11.8. The summed E-state index contributed by atoms with van der Waals surface area (Å²) in [6, 6.07) is 0. The van der Waals surface area contributed by atoms with Gasteiger partial charge in [0.05, 0.1) is 0 Å². The Hall–Kier alpha value is -1.30. The van der Waals surface area contributed by atoms with Crippen LogP contribution in [0.2, 0.25) is 0 Å². The summed E-state index contributed by atoms with van der Waals surface area (Å²) in [6.07, 6.45) is 2.63. The lowest BCUT2D eigenvalue weighted by Gasteiger charge is -2.32. The molecule has 6 heteroatoms. The number of nitrogens with two attached hydrogens (primary N) is 1. The molecule has 0 aromatic carbocycles. The van der Waals surface area contributed by atoms with E-state index in [0.717, 1.165) is 25.8 Å². The molecule has 1 atom stereocenters. The summed E-state index contributed by atoms with van der Waals surface area (Å²) in [5.74, 6) is 0.148. The van der Waals surface area contributed by atoms with E-state index in [1.165, 1.54) is 0 Å². The molecule has 1 heterocycles. The minimum Gasteiger partial charge on any atom is -0.409 e. The lowest BCUT2D eigenvalue weighted by Crippen LogP contribution is -2.45. The first-order valence-corrected chi connectivity index (χ1v) is 6.02. The Morgan fingerprint density at radius 2 is 2.41 bits per heavy atom. The van der Waals surface area contributed by atoms with Crippen LogP contribution in [0.4, 0.5) is 0 Å². The van der Waals surface area contributed by atoms with Gasteiger partial charge in [0.2, 0.25) is 5.91 Å². The van der Waals surface area contributed by atoms with Crippen LogP contribution in [0.1, 0.15) is 26.2 Å². The molecule has 1 amide bonds. The van der Waals surface area contributed by atoms with E-state index in [9.17, 15) is 4.79 Å². The van der Waals surface area contributed by atoms with Crippen LogP contribution in [0.15, 0.2) is 5.16 Å². The highest BCUT2D eigenvalue weighted by Crippen LogP contribution is 2.16. The highest BCUT2D eigenvalue weighted by Gasteiger charge is 2.26. The fourth-order valence-electron chi connectivity index (χ4n) is 1.92. The number of nitrogens with zero attached hydrogens (tertiary/aromatic N) is 2. The molecule has 1 aliphatic rings. The second-order valence-corrected chi connectivity index (χ2v) is 4.26. The summed E-state index contributed by atoms with van der Waals surface area (Å²) in [5.41, 5.74) is 5.56. The molecule has 0 radical (unpaired) electrons. The van der Waals surface area contributed by atoms with Crippen molar-refractivity contribution in [2.45, 2.75) is 26.2 Å². The summed E-state index contributed by atoms with van der Waals surface area (Å²) in [5, 5.41) is 11.6. The van der Waals surface area contributed by atoms with E-state index in [-0.39, 0.29) is 24.3 Å². The Bertz CT molecular complexity index is 281. The van der Waals surface area contributed by atoms with Crippen molar-refractivity contribution >= 4 is 11.7 Å². The van der Waals surface area contributed by atoms with Crippen LogP contribution < -0.4 is 5.73 Å². The second-order valence-electron chi connectivity index (χ2n) is 4.26. The van der Waals surface area contributed by atoms with Crippen LogP contribution in [-0.4, -0.2) is 48.2 Å². The topological polar surface area (TPSA) is 88.2 Å². The van der Waals surface area contributed by atoms with E-state index < -0.39 is 0 Å². The van der Waals surface area contributed by atoms with Gasteiger partial charge in [0.15, 0.2) is 0 Å². The Balaban J connectivity index is 2.40. The third-order valence-corrected chi connectivity index (χ3v) is 2.88. The van der Waals surface area contributed by atoms with Gasteiger partial charge in [-0.25, -0.2) is 0 Å². The first-order chi connectivity index (χ1) is 8.19. The number of ether oxygens (including phenoxy) is 1. The number of amides is 1. The molecule has 1 fully saturated rings. The van der Waals surface area contributed by atoms with Gasteiger partial charge in [-0.15, -0.1) is 0 Å². The molecule has 1 aliphatic heterocycles. The van der Waals surface area contributed by atoms with Crippen LogP contribution >= 0.6 is 0 Å². The van der Waals surface area contributed by atoms with E-state index in [2.05, 4.69) is 5.16 Å². The Morgan fingerprint density at radius 3 is 3.06 bits per heavy atom. The van der Waals surface area contributed by atoms with Crippen LogP contribution in [0.3, 0.4) is 0 Å². The van der Waals surface area contributed by atoms with Gasteiger partial charge in [-0.3, -0.25) is 4.79 Å². The Kier molecular flexibility index (Phi) is 5.76. The lowest BCUT2D eigenvalue weighted by atomic mass is 9.97. The number of likely N-dealkylation sites (tertiary alicyclic amines) is 1. The molecule has 1 saturated heterocycles. The molecule has 3 N–H and O–H groups in total.